The maximum atomic E-state index is 4.71. The number of hydrogen-bond acceptors (Lipinski definition) is 3. The van der Waals surface area contributed by atoms with E-state index in [4.69, 9.17) is 5.10 Å². The fourth-order valence-electron chi connectivity index (χ4n) is 4.62. The Morgan fingerprint density at radius 3 is 2.30 bits per heavy atom. The summed E-state index contributed by atoms with van der Waals surface area (Å²) >= 11 is 0. The van der Waals surface area contributed by atoms with E-state index >= 15 is 0 Å². The lowest BCUT2D eigenvalue weighted by Gasteiger charge is -2.31. The SMILES string of the molecule is CC(C)c1cnc2[nH]nc(C(C)(C)CCC(C)(C)c3ccn4ncc(C(C)(C)C)c4c3)c2c1. The molecule has 0 radical (unpaired) electrons. The Balaban J connectivity index is 1.61. The number of hydrogen-bond donors (Lipinski definition) is 1. The topological polar surface area (TPSA) is 58.9 Å². The average molecular weight is 446 g/mol. The van der Waals surface area contributed by atoms with Gasteiger partial charge in [-0.05, 0) is 58.9 Å². The monoisotopic (exact) mass is 445 g/mol. The van der Waals surface area contributed by atoms with Gasteiger partial charge in [0.25, 0.3) is 0 Å². The van der Waals surface area contributed by atoms with Crippen LogP contribution in [0.25, 0.3) is 16.6 Å². The van der Waals surface area contributed by atoms with Gasteiger partial charge in [0.05, 0.1) is 17.4 Å². The van der Waals surface area contributed by atoms with E-state index in [2.05, 4.69) is 102 Å². The minimum atomic E-state index is -0.0654. The summed E-state index contributed by atoms with van der Waals surface area (Å²) in [4.78, 5) is 4.62. The number of H-pyrrole nitrogens is 1. The maximum Gasteiger partial charge on any atom is 0.155 e. The van der Waals surface area contributed by atoms with E-state index < -0.39 is 0 Å². The van der Waals surface area contributed by atoms with Crippen LogP contribution in [0.2, 0.25) is 0 Å². The zero-order valence-corrected chi connectivity index (χ0v) is 21.7. The van der Waals surface area contributed by atoms with Crippen LogP contribution >= 0.6 is 0 Å². The molecule has 0 aliphatic heterocycles. The molecule has 0 bridgehead atoms. The molecule has 0 aliphatic rings. The van der Waals surface area contributed by atoms with Crippen LogP contribution < -0.4 is 0 Å². The summed E-state index contributed by atoms with van der Waals surface area (Å²) in [5.41, 5.74) is 7.13. The van der Waals surface area contributed by atoms with Gasteiger partial charge < -0.3 is 0 Å². The molecule has 0 aromatic carbocycles. The number of aromatic amines is 1. The van der Waals surface area contributed by atoms with Crippen LogP contribution in [-0.2, 0) is 16.2 Å². The van der Waals surface area contributed by atoms with Gasteiger partial charge >= 0.3 is 0 Å². The summed E-state index contributed by atoms with van der Waals surface area (Å²) in [6.07, 6.45) is 8.16. The zero-order valence-electron chi connectivity index (χ0n) is 21.7. The lowest BCUT2D eigenvalue weighted by atomic mass is 9.73. The standard InChI is InChI=1S/C28H39N5/c1-18(2)19-14-21-24(31-32-25(21)29-16-19)28(8,9)12-11-27(6,7)20-10-13-33-23(15-20)22(17-30-33)26(3,4)5/h10,13-18H,11-12H2,1-9H3,(H,29,31,32). The van der Waals surface area contributed by atoms with Crippen molar-refractivity contribution in [2.45, 2.75) is 97.3 Å². The van der Waals surface area contributed by atoms with Gasteiger partial charge in [-0.25, -0.2) is 9.50 Å². The number of rotatable bonds is 6. The fourth-order valence-corrected chi connectivity index (χ4v) is 4.62. The first-order chi connectivity index (χ1) is 15.3. The first-order valence-corrected chi connectivity index (χ1v) is 12.1. The van der Waals surface area contributed by atoms with Crippen molar-refractivity contribution in [3.8, 4) is 0 Å². The maximum absolute atomic E-state index is 4.71. The van der Waals surface area contributed by atoms with Gasteiger partial charge in [0.1, 0.15) is 0 Å². The molecule has 0 fully saturated rings. The van der Waals surface area contributed by atoms with Crippen LogP contribution in [0.1, 0.15) is 103 Å². The zero-order chi connectivity index (χ0) is 24.2. The van der Waals surface area contributed by atoms with Crippen molar-refractivity contribution in [3.63, 3.8) is 0 Å². The molecular formula is C28H39N5. The minimum Gasteiger partial charge on any atom is -0.261 e. The van der Waals surface area contributed by atoms with Crippen LogP contribution in [0.5, 0.6) is 0 Å². The molecule has 4 aromatic rings. The van der Waals surface area contributed by atoms with Gasteiger partial charge in [-0.3, -0.25) is 5.10 Å². The molecule has 5 heteroatoms. The van der Waals surface area contributed by atoms with E-state index in [0.29, 0.717) is 5.92 Å². The summed E-state index contributed by atoms with van der Waals surface area (Å²) in [6, 6.07) is 6.83. The third-order valence-electron chi connectivity index (χ3n) is 7.23. The lowest BCUT2D eigenvalue weighted by molar-refractivity contribution is 0.370. The highest BCUT2D eigenvalue weighted by atomic mass is 15.2. The highest BCUT2D eigenvalue weighted by molar-refractivity contribution is 5.79. The van der Waals surface area contributed by atoms with Crippen molar-refractivity contribution in [2.24, 2.45) is 0 Å². The Kier molecular flexibility index (Phi) is 5.66. The van der Waals surface area contributed by atoms with Gasteiger partial charge in [0.15, 0.2) is 5.65 Å². The molecule has 5 nitrogen and oxygen atoms in total. The summed E-state index contributed by atoms with van der Waals surface area (Å²) in [6.45, 7) is 20.5. The van der Waals surface area contributed by atoms with E-state index in [-0.39, 0.29) is 16.2 Å². The molecule has 0 saturated carbocycles. The van der Waals surface area contributed by atoms with E-state index in [9.17, 15) is 0 Å². The predicted octanol–water partition coefficient (Wildman–Crippen LogP) is 7.06. The van der Waals surface area contributed by atoms with Crippen LogP contribution in [0, 0.1) is 0 Å². The van der Waals surface area contributed by atoms with E-state index in [0.717, 1.165) is 29.6 Å². The first-order valence-electron chi connectivity index (χ1n) is 12.1. The summed E-state index contributed by atoms with van der Waals surface area (Å²) < 4.78 is 2.00. The molecule has 4 heterocycles. The molecule has 1 N–H and O–H groups in total. The van der Waals surface area contributed by atoms with Gasteiger partial charge in [-0.15, -0.1) is 0 Å². The average Bonchev–Trinajstić information content (AvgIpc) is 3.35. The van der Waals surface area contributed by atoms with Crippen LogP contribution in [0.4, 0.5) is 0 Å². The smallest absolute Gasteiger partial charge is 0.155 e. The van der Waals surface area contributed by atoms with Gasteiger partial charge in [-0.2, -0.15) is 10.2 Å². The lowest BCUT2D eigenvalue weighted by Crippen LogP contribution is -2.25. The largest absolute Gasteiger partial charge is 0.261 e. The highest BCUT2D eigenvalue weighted by Gasteiger charge is 2.31. The highest BCUT2D eigenvalue weighted by Crippen LogP contribution is 2.38. The Morgan fingerprint density at radius 1 is 0.939 bits per heavy atom. The van der Waals surface area contributed by atoms with Crippen LogP contribution in [0.15, 0.2) is 36.8 Å². The van der Waals surface area contributed by atoms with Crippen molar-refractivity contribution >= 4 is 16.6 Å². The van der Waals surface area contributed by atoms with E-state index in [1.165, 1.54) is 22.2 Å². The third-order valence-corrected chi connectivity index (χ3v) is 7.23. The number of pyridine rings is 2. The Labute approximate surface area is 198 Å². The van der Waals surface area contributed by atoms with Crippen molar-refractivity contribution in [1.29, 1.82) is 0 Å². The van der Waals surface area contributed by atoms with Crippen molar-refractivity contribution < 1.29 is 0 Å². The second-order valence-electron chi connectivity index (χ2n) is 12.2. The van der Waals surface area contributed by atoms with Crippen molar-refractivity contribution in [1.82, 2.24) is 24.8 Å². The molecule has 0 spiro atoms. The van der Waals surface area contributed by atoms with Crippen molar-refractivity contribution in [3.05, 3.63) is 59.2 Å². The number of nitrogens with one attached hydrogen (secondary N) is 1. The van der Waals surface area contributed by atoms with Crippen LogP contribution in [-0.4, -0.2) is 24.8 Å². The second-order valence-corrected chi connectivity index (χ2v) is 12.2. The van der Waals surface area contributed by atoms with Gasteiger partial charge in [0, 0.05) is 28.8 Å². The van der Waals surface area contributed by atoms with Crippen LogP contribution in [0.3, 0.4) is 0 Å². The summed E-state index contributed by atoms with van der Waals surface area (Å²) in [5, 5.41) is 13.6. The Hall–Kier alpha value is -2.69. The molecule has 33 heavy (non-hydrogen) atoms. The normalized spacial score (nSPS) is 13.5. The fraction of sp³-hybridized carbons (Fsp3) is 0.536. The molecule has 0 atom stereocenters. The van der Waals surface area contributed by atoms with Gasteiger partial charge in [-0.1, -0.05) is 62.3 Å². The molecule has 0 amide bonds. The Morgan fingerprint density at radius 2 is 1.64 bits per heavy atom. The minimum absolute atomic E-state index is 0.0336. The Bertz CT molecular complexity index is 1280. The van der Waals surface area contributed by atoms with E-state index in [1.807, 2.05) is 16.9 Å². The first kappa shape index (κ1) is 23.5. The molecule has 0 aliphatic carbocycles. The predicted molar refractivity (Wildman–Crippen MR) is 137 cm³/mol. The molecular weight excluding hydrogens is 406 g/mol. The third kappa shape index (κ3) is 4.42. The van der Waals surface area contributed by atoms with E-state index in [1.54, 1.807) is 0 Å². The van der Waals surface area contributed by atoms with Gasteiger partial charge in [0.2, 0.25) is 0 Å². The molecule has 0 saturated heterocycles. The molecule has 4 rings (SSSR count). The molecule has 4 aromatic heterocycles. The summed E-state index contributed by atoms with van der Waals surface area (Å²) in [5.74, 6) is 0.447. The number of nitrogens with zero attached hydrogens (tertiary/aromatic N) is 4. The summed E-state index contributed by atoms with van der Waals surface area (Å²) in [7, 11) is 0. The quantitative estimate of drug-likeness (QED) is 0.345. The molecule has 0 unspecified atom stereocenters. The number of fused-ring (bicyclic) bond motifs is 2. The van der Waals surface area contributed by atoms with Crippen molar-refractivity contribution in [2.75, 3.05) is 0 Å². The molecule has 176 valence electrons. The number of aromatic nitrogens is 5. The second kappa shape index (κ2) is 7.96.